The number of para-hydroxylation sites is 2. The Hall–Kier alpha value is -2.66. The maximum Gasteiger partial charge on any atom is 0.160 e. The Bertz CT molecular complexity index is 611. The highest BCUT2D eigenvalue weighted by Crippen LogP contribution is 2.17. The zero-order chi connectivity index (χ0) is 14.3. The van der Waals surface area contributed by atoms with Crippen molar-refractivity contribution in [3.63, 3.8) is 0 Å². The number of hydrogen-bond acceptors (Lipinski definition) is 5. The number of nitrogens with zero attached hydrogens (tertiary/aromatic N) is 2. The van der Waals surface area contributed by atoms with E-state index >= 15 is 0 Å². The highest BCUT2D eigenvalue weighted by molar-refractivity contribution is 5.84. The van der Waals surface area contributed by atoms with Gasteiger partial charge in [0.2, 0.25) is 0 Å². The molecule has 3 rings (SSSR count). The van der Waals surface area contributed by atoms with E-state index in [0.717, 1.165) is 11.1 Å². The van der Waals surface area contributed by atoms with Crippen LogP contribution in [0.25, 0.3) is 0 Å². The monoisotopic (exact) mass is 281 g/mol. The van der Waals surface area contributed by atoms with Crippen LogP contribution in [0.5, 0.6) is 11.5 Å². The van der Waals surface area contributed by atoms with Gasteiger partial charge in [-0.05, 0) is 24.3 Å². The summed E-state index contributed by atoms with van der Waals surface area (Å²) in [5, 5.41) is 0. The van der Waals surface area contributed by atoms with E-state index in [1.54, 1.807) is 12.4 Å². The predicted molar refractivity (Wildman–Crippen MR) is 82.2 cm³/mol. The van der Waals surface area contributed by atoms with Crippen LogP contribution in [0.3, 0.4) is 0 Å². The Morgan fingerprint density at radius 3 is 1.71 bits per heavy atom. The molecule has 1 heterocycles. The van der Waals surface area contributed by atoms with E-state index in [0.29, 0.717) is 24.6 Å². The zero-order valence-corrected chi connectivity index (χ0v) is 11.4. The van der Waals surface area contributed by atoms with Gasteiger partial charge in [-0.1, -0.05) is 24.3 Å². The van der Waals surface area contributed by atoms with E-state index in [1.165, 1.54) is 0 Å². The summed E-state index contributed by atoms with van der Waals surface area (Å²) in [7, 11) is 0. The van der Waals surface area contributed by atoms with Crippen molar-refractivity contribution in [2.24, 2.45) is 9.98 Å². The van der Waals surface area contributed by atoms with E-state index in [4.69, 9.17) is 9.68 Å². The average Bonchev–Trinajstić information content (AvgIpc) is 2.54. The SMILES string of the molecule is C1=N/CC/N=C/c2ccccc2ONOc2ccccc2/1. The quantitative estimate of drug-likeness (QED) is 0.807. The van der Waals surface area contributed by atoms with Crippen molar-refractivity contribution in [2.75, 3.05) is 13.1 Å². The second-order valence-corrected chi connectivity index (χ2v) is 4.43. The molecular weight excluding hydrogens is 266 g/mol. The Kier molecular flexibility index (Phi) is 4.24. The number of benzene rings is 2. The van der Waals surface area contributed by atoms with Crippen LogP contribution in [0.2, 0.25) is 0 Å². The minimum atomic E-state index is 0.626. The summed E-state index contributed by atoms with van der Waals surface area (Å²) >= 11 is 0. The fourth-order valence-corrected chi connectivity index (χ4v) is 1.91. The molecule has 0 fully saturated rings. The molecule has 1 aliphatic heterocycles. The molecule has 2 aromatic carbocycles. The Morgan fingerprint density at radius 1 is 0.714 bits per heavy atom. The van der Waals surface area contributed by atoms with Crippen molar-refractivity contribution in [3.05, 3.63) is 59.7 Å². The smallest absolute Gasteiger partial charge is 0.160 e. The molecule has 0 bridgehead atoms. The third kappa shape index (κ3) is 3.46. The molecule has 0 spiro atoms. The number of hydrogen-bond donors (Lipinski definition) is 1. The van der Waals surface area contributed by atoms with Gasteiger partial charge >= 0.3 is 0 Å². The van der Waals surface area contributed by atoms with Crippen molar-refractivity contribution >= 4 is 12.4 Å². The van der Waals surface area contributed by atoms with Gasteiger partial charge in [0.05, 0.1) is 13.1 Å². The van der Waals surface area contributed by atoms with Crippen molar-refractivity contribution in [1.82, 2.24) is 5.64 Å². The zero-order valence-electron chi connectivity index (χ0n) is 11.4. The topological polar surface area (TPSA) is 55.2 Å². The van der Waals surface area contributed by atoms with E-state index in [1.807, 2.05) is 48.5 Å². The highest BCUT2D eigenvalue weighted by Gasteiger charge is 2.04. The normalized spacial score (nSPS) is 17.5. The number of rotatable bonds is 0. The molecule has 0 saturated heterocycles. The van der Waals surface area contributed by atoms with Crippen LogP contribution in [0.1, 0.15) is 11.1 Å². The molecule has 0 amide bonds. The van der Waals surface area contributed by atoms with Crippen LogP contribution in [-0.2, 0) is 0 Å². The Balaban J connectivity index is 1.86. The fraction of sp³-hybridized carbons (Fsp3) is 0.125. The van der Waals surface area contributed by atoms with Crippen LogP contribution >= 0.6 is 0 Å². The van der Waals surface area contributed by atoms with Gasteiger partial charge in [0.25, 0.3) is 0 Å². The minimum Gasteiger partial charge on any atom is -0.373 e. The van der Waals surface area contributed by atoms with Crippen molar-refractivity contribution in [3.8, 4) is 11.5 Å². The third-order valence-electron chi connectivity index (χ3n) is 2.96. The number of fused-ring (bicyclic) bond motifs is 2. The second-order valence-electron chi connectivity index (χ2n) is 4.43. The molecule has 0 aromatic heterocycles. The summed E-state index contributed by atoms with van der Waals surface area (Å²) in [4.78, 5) is 19.6. The standard InChI is InChI=1S/C16H15N3O2/c1-3-7-15-13(5-1)11-17-9-10-18-12-14-6-2-4-8-16(14)21-19-20-15/h1-8,11-12,19H,9-10H2/b17-11+,18-12+. The van der Waals surface area contributed by atoms with Crippen molar-refractivity contribution in [2.45, 2.75) is 0 Å². The second kappa shape index (κ2) is 6.67. The first-order valence-electron chi connectivity index (χ1n) is 6.70. The molecule has 0 radical (unpaired) electrons. The largest absolute Gasteiger partial charge is 0.373 e. The van der Waals surface area contributed by atoms with Crippen molar-refractivity contribution < 1.29 is 9.68 Å². The number of nitrogens with one attached hydrogen (secondary N) is 1. The van der Waals surface area contributed by atoms with Gasteiger partial charge in [0.1, 0.15) is 0 Å². The maximum absolute atomic E-state index is 5.45. The molecule has 1 N–H and O–H groups in total. The molecule has 0 saturated carbocycles. The Morgan fingerprint density at radius 2 is 1.19 bits per heavy atom. The summed E-state index contributed by atoms with van der Waals surface area (Å²) in [6.07, 6.45) is 3.55. The van der Waals surface area contributed by atoms with Gasteiger partial charge < -0.3 is 9.68 Å². The first-order chi connectivity index (χ1) is 10.4. The lowest BCUT2D eigenvalue weighted by Crippen LogP contribution is -2.23. The van der Waals surface area contributed by atoms with Crippen molar-refractivity contribution in [1.29, 1.82) is 0 Å². The first kappa shape index (κ1) is 13.3. The first-order valence-corrected chi connectivity index (χ1v) is 6.70. The number of aliphatic imine (C=N–C) groups is 2. The molecule has 0 unspecified atom stereocenters. The Labute approximate surface area is 122 Å². The summed E-state index contributed by atoms with van der Waals surface area (Å²) < 4.78 is 0. The summed E-state index contributed by atoms with van der Waals surface area (Å²) in [5.74, 6) is 1.30. The van der Waals surface area contributed by atoms with E-state index in [-0.39, 0.29) is 0 Å². The van der Waals surface area contributed by atoms with Gasteiger partial charge in [-0.3, -0.25) is 9.98 Å². The lowest BCUT2D eigenvalue weighted by atomic mass is 10.2. The van der Waals surface area contributed by atoms with Crippen LogP contribution < -0.4 is 15.3 Å². The molecule has 0 atom stereocenters. The average molecular weight is 281 g/mol. The van der Waals surface area contributed by atoms with Gasteiger partial charge in [-0.15, -0.1) is 0 Å². The van der Waals surface area contributed by atoms with Crippen LogP contribution in [0.4, 0.5) is 0 Å². The predicted octanol–water partition coefficient (Wildman–Crippen LogP) is 2.42. The van der Waals surface area contributed by atoms with E-state index < -0.39 is 0 Å². The van der Waals surface area contributed by atoms with E-state index in [2.05, 4.69) is 15.6 Å². The molecule has 2 aromatic rings. The molecule has 0 aliphatic carbocycles. The summed E-state index contributed by atoms with van der Waals surface area (Å²) in [6, 6.07) is 15.2. The fourth-order valence-electron chi connectivity index (χ4n) is 1.91. The highest BCUT2D eigenvalue weighted by atomic mass is 16.9. The molecule has 21 heavy (non-hydrogen) atoms. The summed E-state index contributed by atoms with van der Waals surface area (Å²) in [5.41, 5.74) is 4.27. The summed E-state index contributed by atoms with van der Waals surface area (Å²) in [6.45, 7) is 1.25. The van der Waals surface area contributed by atoms with E-state index in [9.17, 15) is 0 Å². The molecule has 106 valence electrons. The van der Waals surface area contributed by atoms with Gasteiger partial charge in [0, 0.05) is 29.2 Å². The molecule has 5 heteroatoms. The van der Waals surface area contributed by atoms with Gasteiger partial charge in [-0.2, -0.15) is 0 Å². The molecule has 1 aliphatic rings. The van der Waals surface area contributed by atoms with Gasteiger partial charge in [0.15, 0.2) is 11.5 Å². The van der Waals surface area contributed by atoms with Gasteiger partial charge in [-0.25, -0.2) is 0 Å². The maximum atomic E-state index is 5.45. The minimum absolute atomic E-state index is 0.626. The molecular formula is C16H15N3O2. The lowest BCUT2D eigenvalue weighted by molar-refractivity contribution is -0.0193. The lowest BCUT2D eigenvalue weighted by Gasteiger charge is -2.11. The third-order valence-corrected chi connectivity index (χ3v) is 2.96. The van der Waals surface area contributed by atoms with Crippen LogP contribution in [0.15, 0.2) is 58.5 Å². The van der Waals surface area contributed by atoms with Crippen LogP contribution in [0, 0.1) is 0 Å². The molecule has 5 nitrogen and oxygen atoms in total. The van der Waals surface area contributed by atoms with Crippen LogP contribution in [-0.4, -0.2) is 25.5 Å².